The number of ether oxygens (including phenoxy) is 2. The molecule has 0 bridgehead atoms. The van der Waals surface area contributed by atoms with Gasteiger partial charge in [0.2, 0.25) is 5.91 Å². The van der Waals surface area contributed by atoms with Crippen LogP contribution in [0.5, 0.6) is 11.5 Å². The number of carbonyl (C=O) groups is 2. The van der Waals surface area contributed by atoms with E-state index in [-0.39, 0.29) is 25.0 Å². The first-order valence-corrected chi connectivity index (χ1v) is 12.5. The summed E-state index contributed by atoms with van der Waals surface area (Å²) < 4.78 is 11.3. The van der Waals surface area contributed by atoms with Crippen LogP contribution in [-0.4, -0.2) is 42.0 Å². The number of hydrogen-bond acceptors (Lipinski definition) is 4. The zero-order valence-corrected chi connectivity index (χ0v) is 22.7. The average molecular weight is 503 g/mol. The van der Waals surface area contributed by atoms with Gasteiger partial charge < -0.3 is 19.7 Å². The first-order chi connectivity index (χ1) is 17.6. The summed E-state index contributed by atoms with van der Waals surface area (Å²) in [5, 5.41) is 3.07. The molecule has 0 radical (unpaired) electrons. The molecule has 0 aromatic heterocycles. The number of aryl methyl sites for hydroxylation is 2. The van der Waals surface area contributed by atoms with Crippen LogP contribution in [-0.2, 0) is 22.6 Å². The number of nitrogens with one attached hydrogen (secondary N) is 1. The Balaban J connectivity index is 1.94. The standard InChI is InChI=1S/C31H38N2O4/c1-22-15-16-27(17-23(22)2)37-21-29(34)33(20-25-13-10-14-26(18-25)36-6)28(30(35)32-31(3,4)5)19-24-11-8-7-9-12-24/h7-18,28H,19-21H2,1-6H3,(H,32,35)/t28-/m1/s1. The smallest absolute Gasteiger partial charge is 0.261 e. The lowest BCUT2D eigenvalue weighted by Gasteiger charge is -2.33. The highest BCUT2D eigenvalue weighted by Crippen LogP contribution is 2.20. The minimum atomic E-state index is -0.733. The predicted octanol–water partition coefficient (Wildman–Crippen LogP) is 5.25. The Labute approximate surface area is 220 Å². The van der Waals surface area contributed by atoms with Crippen molar-refractivity contribution in [2.45, 2.75) is 59.2 Å². The number of methoxy groups -OCH3 is 1. The summed E-state index contributed by atoms with van der Waals surface area (Å²) in [4.78, 5) is 28.9. The van der Waals surface area contributed by atoms with Crippen molar-refractivity contribution >= 4 is 11.8 Å². The number of hydrogen-bond donors (Lipinski definition) is 1. The van der Waals surface area contributed by atoms with Crippen LogP contribution in [0.3, 0.4) is 0 Å². The second-order valence-electron chi connectivity index (χ2n) is 10.4. The summed E-state index contributed by atoms with van der Waals surface area (Å²) in [7, 11) is 1.61. The molecule has 0 spiro atoms. The summed E-state index contributed by atoms with van der Waals surface area (Å²) in [6, 6.07) is 22.3. The largest absolute Gasteiger partial charge is 0.497 e. The highest BCUT2D eigenvalue weighted by atomic mass is 16.5. The quantitative estimate of drug-likeness (QED) is 0.411. The van der Waals surface area contributed by atoms with E-state index in [1.54, 1.807) is 12.0 Å². The molecule has 37 heavy (non-hydrogen) atoms. The van der Waals surface area contributed by atoms with Gasteiger partial charge in [-0.1, -0.05) is 48.5 Å². The number of benzene rings is 3. The van der Waals surface area contributed by atoms with Gasteiger partial charge >= 0.3 is 0 Å². The summed E-state index contributed by atoms with van der Waals surface area (Å²) in [5.41, 5.74) is 3.62. The molecular weight excluding hydrogens is 464 g/mol. The maximum absolute atomic E-state index is 13.7. The molecule has 0 saturated carbocycles. The lowest BCUT2D eigenvalue weighted by atomic mass is 10.0. The fourth-order valence-corrected chi connectivity index (χ4v) is 4.01. The molecule has 0 heterocycles. The molecule has 6 nitrogen and oxygen atoms in total. The van der Waals surface area contributed by atoms with Crippen LogP contribution in [0.2, 0.25) is 0 Å². The van der Waals surface area contributed by atoms with Crippen molar-refractivity contribution in [3.63, 3.8) is 0 Å². The molecule has 0 aliphatic rings. The van der Waals surface area contributed by atoms with Crippen molar-refractivity contribution in [3.8, 4) is 11.5 Å². The Hall–Kier alpha value is -3.80. The monoisotopic (exact) mass is 502 g/mol. The van der Waals surface area contributed by atoms with Crippen LogP contribution < -0.4 is 14.8 Å². The third kappa shape index (κ3) is 8.38. The molecular formula is C31H38N2O4. The van der Waals surface area contributed by atoms with Crippen molar-refractivity contribution in [1.29, 1.82) is 0 Å². The van der Waals surface area contributed by atoms with E-state index in [0.29, 0.717) is 17.9 Å². The van der Waals surface area contributed by atoms with Gasteiger partial charge in [-0.05, 0) is 81.1 Å². The van der Waals surface area contributed by atoms with E-state index in [0.717, 1.165) is 22.3 Å². The van der Waals surface area contributed by atoms with E-state index in [2.05, 4.69) is 5.32 Å². The van der Waals surface area contributed by atoms with Crippen LogP contribution in [0.25, 0.3) is 0 Å². The summed E-state index contributed by atoms with van der Waals surface area (Å²) in [5.74, 6) is 0.830. The van der Waals surface area contributed by atoms with Crippen LogP contribution in [0.1, 0.15) is 43.0 Å². The van der Waals surface area contributed by atoms with Gasteiger partial charge in [0, 0.05) is 18.5 Å². The molecule has 0 aliphatic heterocycles. The maximum Gasteiger partial charge on any atom is 0.261 e. The molecule has 196 valence electrons. The van der Waals surface area contributed by atoms with Gasteiger partial charge in [-0.25, -0.2) is 0 Å². The van der Waals surface area contributed by atoms with Gasteiger partial charge in [0.25, 0.3) is 5.91 Å². The maximum atomic E-state index is 13.7. The van der Waals surface area contributed by atoms with Gasteiger partial charge in [0.15, 0.2) is 6.61 Å². The summed E-state index contributed by atoms with van der Waals surface area (Å²) in [6.07, 6.45) is 0.377. The third-order valence-electron chi connectivity index (χ3n) is 6.10. The van der Waals surface area contributed by atoms with Crippen molar-refractivity contribution in [2.75, 3.05) is 13.7 Å². The SMILES string of the molecule is COc1cccc(CN(C(=O)COc2ccc(C)c(C)c2)[C@H](Cc2ccccc2)C(=O)NC(C)(C)C)c1. The van der Waals surface area contributed by atoms with Crippen LogP contribution in [0.15, 0.2) is 72.8 Å². The van der Waals surface area contributed by atoms with Crippen molar-refractivity contribution in [1.82, 2.24) is 10.2 Å². The molecule has 0 saturated heterocycles. The Morgan fingerprint density at radius 3 is 2.22 bits per heavy atom. The number of carbonyl (C=O) groups excluding carboxylic acids is 2. The van der Waals surface area contributed by atoms with E-state index < -0.39 is 11.6 Å². The first kappa shape index (κ1) is 27.8. The van der Waals surface area contributed by atoms with Gasteiger partial charge in [0.1, 0.15) is 17.5 Å². The molecule has 0 aliphatic carbocycles. The molecule has 0 fully saturated rings. The second kappa shape index (κ2) is 12.4. The summed E-state index contributed by atoms with van der Waals surface area (Å²) >= 11 is 0. The lowest BCUT2D eigenvalue weighted by Crippen LogP contribution is -2.55. The summed E-state index contributed by atoms with van der Waals surface area (Å²) in [6.45, 7) is 9.89. The second-order valence-corrected chi connectivity index (χ2v) is 10.4. The normalized spacial score (nSPS) is 11.9. The molecule has 1 N–H and O–H groups in total. The Morgan fingerprint density at radius 1 is 0.865 bits per heavy atom. The zero-order chi connectivity index (χ0) is 27.0. The minimum absolute atomic E-state index is 0.180. The minimum Gasteiger partial charge on any atom is -0.497 e. The molecule has 0 unspecified atom stereocenters. The molecule has 1 atom stereocenters. The molecule has 6 heteroatoms. The van der Waals surface area contributed by atoms with Crippen LogP contribution in [0.4, 0.5) is 0 Å². The number of nitrogens with zero attached hydrogens (tertiary/aromatic N) is 1. The van der Waals surface area contributed by atoms with Crippen molar-refractivity contribution < 1.29 is 19.1 Å². The van der Waals surface area contributed by atoms with Gasteiger partial charge in [-0.2, -0.15) is 0 Å². The fourth-order valence-electron chi connectivity index (χ4n) is 4.01. The number of rotatable bonds is 10. The predicted molar refractivity (Wildman–Crippen MR) is 147 cm³/mol. The van der Waals surface area contributed by atoms with E-state index in [1.807, 2.05) is 107 Å². The van der Waals surface area contributed by atoms with Crippen LogP contribution >= 0.6 is 0 Å². The highest BCUT2D eigenvalue weighted by Gasteiger charge is 2.32. The van der Waals surface area contributed by atoms with Crippen molar-refractivity contribution in [2.24, 2.45) is 0 Å². The molecule has 2 amide bonds. The topological polar surface area (TPSA) is 67.9 Å². The van der Waals surface area contributed by atoms with Crippen molar-refractivity contribution in [3.05, 3.63) is 95.1 Å². The van der Waals surface area contributed by atoms with Crippen LogP contribution in [0, 0.1) is 13.8 Å². The average Bonchev–Trinajstić information content (AvgIpc) is 2.86. The van der Waals surface area contributed by atoms with E-state index in [1.165, 1.54) is 0 Å². The highest BCUT2D eigenvalue weighted by molar-refractivity contribution is 5.89. The van der Waals surface area contributed by atoms with Gasteiger partial charge in [0.05, 0.1) is 7.11 Å². The fraction of sp³-hybridized carbons (Fsp3) is 0.355. The molecule has 3 rings (SSSR count). The van der Waals surface area contributed by atoms with Gasteiger partial charge in [-0.15, -0.1) is 0 Å². The zero-order valence-electron chi connectivity index (χ0n) is 22.7. The van der Waals surface area contributed by atoms with E-state index >= 15 is 0 Å². The Kier molecular flexibility index (Phi) is 9.34. The van der Waals surface area contributed by atoms with E-state index in [9.17, 15) is 9.59 Å². The number of amides is 2. The van der Waals surface area contributed by atoms with Gasteiger partial charge in [-0.3, -0.25) is 9.59 Å². The molecule has 3 aromatic rings. The first-order valence-electron chi connectivity index (χ1n) is 12.5. The van der Waals surface area contributed by atoms with E-state index in [4.69, 9.17) is 9.47 Å². The Morgan fingerprint density at radius 2 is 1.57 bits per heavy atom. The lowest BCUT2D eigenvalue weighted by molar-refractivity contribution is -0.143. The molecule has 3 aromatic carbocycles. The third-order valence-corrected chi connectivity index (χ3v) is 6.10. The Bertz CT molecular complexity index is 1200.